The third kappa shape index (κ3) is 5.06. The molecule has 1 amide bonds. The zero-order valence-corrected chi connectivity index (χ0v) is 15.7. The van der Waals surface area contributed by atoms with E-state index in [-0.39, 0.29) is 23.4 Å². The van der Waals surface area contributed by atoms with Crippen molar-refractivity contribution in [1.82, 2.24) is 0 Å². The summed E-state index contributed by atoms with van der Waals surface area (Å²) in [7, 11) is 2.46. The smallest absolute Gasteiger partial charge is 0.339 e. The molecule has 0 spiro atoms. The molecule has 2 aromatic carbocycles. The normalized spacial score (nSPS) is 9.96. The number of carbonyl (C=O) groups excluding carboxylic acids is 3. The third-order valence-electron chi connectivity index (χ3n) is 3.29. The van der Waals surface area contributed by atoms with Crippen molar-refractivity contribution >= 4 is 39.5 Å². The summed E-state index contributed by atoms with van der Waals surface area (Å²) >= 11 is 3.31. The molecule has 8 heteroatoms. The topological polar surface area (TPSA) is 90.9 Å². The second-order valence-corrected chi connectivity index (χ2v) is 5.95. The minimum absolute atomic E-state index is 0.107. The lowest BCUT2D eigenvalue weighted by molar-refractivity contribution is -0.118. The summed E-state index contributed by atoms with van der Waals surface area (Å²) in [4.78, 5) is 35.7. The number of esters is 2. The van der Waals surface area contributed by atoms with Gasteiger partial charge in [-0.1, -0.05) is 22.0 Å². The van der Waals surface area contributed by atoms with Crippen LogP contribution in [0.1, 0.15) is 20.7 Å². The summed E-state index contributed by atoms with van der Waals surface area (Å²) < 4.78 is 15.5. The van der Waals surface area contributed by atoms with Crippen LogP contribution >= 0.6 is 15.9 Å². The zero-order valence-electron chi connectivity index (χ0n) is 14.1. The average Bonchev–Trinajstić information content (AvgIpc) is 2.65. The first-order valence-electron chi connectivity index (χ1n) is 7.43. The standard InChI is InChI=1S/C18H16BrNO6/c1-24-17(22)11-6-7-14(18(23)25-2)15(8-11)20-16(21)10-26-13-5-3-4-12(19)9-13/h3-9H,10H2,1-2H3,(H,20,21). The number of nitrogens with one attached hydrogen (secondary N) is 1. The van der Waals surface area contributed by atoms with Crippen LogP contribution in [-0.2, 0) is 14.3 Å². The van der Waals surface area contributed by atoms with Crippen molar-refractivity contribution in [2.75, 3.05) is 26.1 Å². The summed E-state index contributed by atoms with van der Waals surface area (Å²) in [5.41, 5.74) is 0.418. The van der Waals surface area contributed by atoms with E-state index in [0.29, 0.717) is 5.75 Å². The van der Waals surface area contributed by atoms with Gasteiger partial charge in [0, 0.05) is 4.47 Å². The van der Waals surface area contributed by atoms with Crippen LogP contribution in [0.15, 0.2) is 46.9 Å². The second-order valence-electron chi connectivity index (χ2n) is 5.04. The first-order valence-corrected chi connectivity index (χ1v) is 8.22. The Kier molecular flexibility index (Phi) is 6.74. The summed E-state index contributed by atoms with van der Waals surface area (Å²) in [6.45, 7) is -0.278. The maximum absolute atomic E-state index is 12.2. The van der Waals surface area contributed by atoms with Crippen LogP contribution in [0.2, 0.25) is 0 Å². The first-order chi connectivity index (χ1) is 12.4. The predicted molar refractivity (Wildman–Crippen MR) is 97.4 cm³/mol. The molecule has 2 aromatic rings. The second kappa shape index (κ2) is 9.00. The Morgan fingerprint density at radius 3 is 2.38 bits per heavy atom. The van der Waals surface area contributed by atoms with E-state index in [1.54, 1.807) is 18.2 Å². The van der Waals surface area contributed by atoms with Gasteiger partial charge in [-0.3, -0.25) is 4.79 Å². The van der Waals surface area contributed by atoms with Crippen molar-refractivity contribution in [3.63, 3.8) is 0 Å². The fraction of sp³-hybridized carbons (Fsp3) is 0.167. The molecule has 0 bridgehead atoms. The number of ether oxygens (including phenoxy) is 3. The number of benzene rings is 2. The molecular formula is C18H16BrNO6. The third-order valence-corrected chi connectivity index (χ3v) is 3.78. The highest BCUT2D eigenvalue weighted by atomic mass is 79.9. The Bertz CT molecular complexity index is 836. The van der Waals surface area contributed by atoms with E-state index in [0.717, 1.165) is 4.47 Å². The van der Waals surface area contributed by atoms with Gasteiger partial charge in [0.2, 0.25) is 0 Å². The molecule has 0 aromatic heterocycles. The van der Waals surface area contributed by atoms with E-state index < -0.39 is 17.8 Å². The fourth-order valence-electron chi connectivity index (χ4n) is 2.07. The molecule has 2 rings (SSSR count). The summed E-state index contributed by atoms with van der Waals surface area (Å²) in [6, 6.07) is 11.1. The van der Waals surface area contributed by atoms with Gasteiger partial charge < -0.3 is 19.5 Å². The molecule has 0 saturated heterocycles. The number of carbonyl (C=O) groups is 3. The Labute approximate surface area is 158 Å². The van der Waals surface area contributed by atoms with E-state index in [9.17, 15) is 14.4 Å². The Morgan fingerprint density at radius 1 is 1.00 bits per heavy atom. The maximum atomic E-state index is 12.2. The Morgan fingerprint density at radius 2 is 1.73 bits per heavy atom. The van der Waals surface area contributed by atoms with Crippen molar-refractivity contribution in [2.45, 2.75) is 0 Å². The van der Waals surface area contributed by atoms with Crippen molar-refractivity contribution in [2.24, 2.45) is 0 Å². The molecule has 0 fully saturated rings. The van der Waals surface area contributed by atoms with Gasteiger partial charge in [0.15, 0.2) is 6.61 Å². The van der Waals surface area contributed by atoms with Gasteiger partial charge >= 0.3 is 11.9 Å². The van der Waals surface area contributed by atoms with Gasteiger partial charge in [0.25, 0.3) is 5.91 Å². The molecule has 0 radical (unpaired) electrons. The zero-order chi connectivity index (χ0) is 19.1. The van der Waals surface area contributed by atoms with Gasteiger partial charge in [-0.25, -0.2) is 9.59 Å². The van der Waals surface area contributed by atoms with Crippen LogP contribution < -0.4 is 10.1 Å². The summed E-state index contributed by atoms with van der Waals surface area (Å²) in [6.07, 6.45) is 0. The molecule has 0 aliphatic rings. The monoisotopic (exact) mass is 421 g/mol. The summed E-state index contributed by atoms with van der Waals surface area (Å²) in [5, 5.41) is 2.55. The molecule has 26 heavy (non-hydrogen) atoms. The van der Waals surface area contributed by atoms with Crippen LogP contribution in [0.3, 0.4) is 0 Å². The molecule has 0 aliphatic carbocycles. The lowest BCUT2D eigenvalue weighted by Gasteiger charge is -2.12. The SMILES string of the molecule is COC(=O)c1ccc(C(=O)OC)c(NC(=O)COc2cccc(Br)c2)c1. The van der Waals surface area contributed by atoms with E-state index in [4.69, 9.17) is 4.74 Å². The molecule has 0 saturated carbocycles. The van der Waals surface area contributed by atoms with Gasteiger partial charge in [-0.05, 0) is 36.4 Å². The highest BCUT2D eigenvalue weighted by Crippen LogP contribution is 2.21. The number of amides is 1. The van der Waals surface area contributed by atoms with E-state index in [1.165, 1.54) is 32.4 Å². The maximum Gasteiger partial charge on any atom is 0.339 e. The van der Waals surface area contributed by atoms with Crippen molar-refractivity contribution in [3.8, 4) is 5.75 Å². The van der Waals surface area contributed by atoms with Crippen molar-refractivity contribution in [1.29, 1.82) is 0 Å². The molecule has 0 atom stereocenters. The molecule has 0 heterocycles. The average molecular weight is 422 g/mol. The quantitative estimate of drug-likeness (QED) is 0.720. The Balaban J connectivity index is 2.15. The largest absolute Gasteiger partial charge is 0.484 e. The first kappa shape index (κ1) is 19.5. The van der Waals surface area contributed by atoms with Crippen LogP contribution in [-0.4, -0.2) is 38.7 Å². The number of hydrogen-bond acceptors (Lipinski definition) is 6. The predicted octanol–water partition coefficient (Wildman–Crippen LogP) is 3.04. The summed E-state index contributed by atoms with van der Waals surface area (Å²) in [5.74, 6) is -1.24. The number of halogens is 1. The highest BCUT2D eigenvalue weighted by molar-refractivity contribution is 9.10. The van der Waals surface area contributed by atoms with Gasteiger partial charge in [0.1, 0.15) is 5.75 Å². The minimum atomic E-state index is -0.648. The molecule has 1 N–H and O–H groups in total. The lowest BCUT2D eigenvalue weighted by atomic mass is 10.1. The Hall–Kier alpha value is -2.87. The molecular weight excluding hydrogens is 406 g/mol. The number of rotatable bonds is 6. The van der Waals surface area contributed by atoms with Gasteiger partial charge in [0.05, 0.1) is 31.0 Å². The van der Waals surface area contributed by atoms with Crippen molar-refractivity contribution in [3.05, 3.63) is 58.1 Å². The number of anilines is 1. The van der Waals surface area contributed by atoms with Crippen molar-refractivity contribution < 1.29 is 28.6 Å². The van der Waals surface area contributed by atoms with Gasteiger partial charge in [-0.2, -0.15) is 0 Å². The van der Waals surface area contributed by atoms with E-state index >= 15 is 0 Å². The molecule has 0 aliphatic heterocycles. The fourth-order valence-corrected chi connectivity index (χ4v) is 2.45. The highest BCUT2D eigenvalue weighted by Gasteiger charge is 2.17. The van der Waals surface area contributed by atoms with Crippen LogP contribution in [0, 0.1) is 0 Å². The van der Waals surface area contributed by atoms with Crippen LogP contribution in [0.5, 0.6) is 5.75 Å². The van der Waals surface area contributed by atoms with E-state index in [2.05, 4.69) is 30.7 Å². The lowest BCUT2D eigenvalue weighted by Crippen LogP contribution is -2.22. The van der Waals surface area contributed by atoms with Gasteiger partial charge in [-0.15, -0.1) is 0 Å². The molecule has 0 unspecified atom stereocenters. The molecule has 7 nitrogen and oxygen atoms in total. The van der Waals surface area contributed by atoms with Crippen LogP contribution in [0.25, 0.3) is 0 Å². The van der Waals surface area contributed by atoms with Crippen LogP contribution in [0.4, 0.5) is 5.69 Å². The number of hydrogen-bond donors (Lipinski definition) is 1. The molecule has 136 valence electrons. The van der Waals surface area contributed by atoms with E-state index in [1.807, 2.05) is 6.07 Å². The minimum Gasteiger partial charge on any atom is -0.484 e. The number of methoxy groups -OCH3 is 2.